The van der Waals surface area contributed by atoms with E-state index in [0.717, 1.165) is 22.4 Å². The average molecular weight is 383 g/mol. The molecule has 0 radical (unpaired) electrons. The van der Waals surface area contributed by atoms with Crippen LogP contribution in [0.2, 0.25) is 0 Å². The molecule has 0 aliphatic rings. The van der Waals surface area contributed by atoms with E-state index in [2.05, 4.69) is 60.3 Å². The van der Waals surface area contributed by atoms with Crippen molar-refractivity contribution in [3.63, 3.8) is 0 Å². The molecule has 2 rings (SSSR count). The molecule has 0 atom stereocenters. The van der Waals surface area contributed by atoms with Gasteiger partial charge in [0, 0.05) is 0 Å². The number of H-pyrrole nitrogens is 1. The molecule has 2 nitrogen and oxygen atoms in total. The Morgan fingerprint density at radius 3 is 1.86 bits per heavy atom. The number of aromatic nitrogens is 2. The molecule has 2 heteroatoms. The van der Waals surface area contributed by atoms with E-state index in [9.17, 15) is 0 Å². The summed E-state index contributed by atoms with van der Waals surface area (Å²) in [4.78, 5) is 7.59. The number of aromatic amines is 1. The van der Waals surface area contributed by atoms with Gasteiger partial charge in [0.25, 0.3) is 0 Å². The molecule has 1 N–H and O–H groups in total. The van der Waals surface area contributed by atoms with Crippen LogP contribution >= 0.6 is 0 Å². The molecule has 28 heavy (non-hydrogen) atoms. The highest BCUT2D eigenvalue weighted by atomic mass is 14.9. The van der Waals surface area contributed by atoms with Crippen LogP contribution in [0.1, 0.15) is 66.8 Å². The number of hydrogen-bond acceptors (Lipinski definition) is 1. The number of terminal acetylenes is 1. The van der Waals surface area contributed by atoms with Crippen LogP contribution in [0, 0.1) is 19.3 Å². The van der Waals surface area contributed by atoms with E-state index in [1.54, 1.807) is 19.1 Å². The van der Waals surface area contributed by atoms with Gasteiger partial charge in [-0.05, 0) is 44.0 Å². The molecule has 1 heterocycles. The standard InChI is InChI=1S/C13H14N2.C4H6.C3H4.3C2H6/c1-4-10(5-2)11-6-7-12-13(8-11)15-9(3)14-12;1-3-4-2;1-3-2;3*1-2/h4-8H,1H2,2-3H3,(H,14,15);3-4H,1-2H2;1H,2H3;3*1-2H3/b10-5+;;;;;. The fraction of sp³-hybridized carbons (Fsp3) is 0.346. The molecule has 0 saturated heterocycles. The van der Waals surface area contributed by atoms with Crippen molar-refractivity contribution in [3.05, 3.63) is 73.6 Å². The van der Waals surface area contributed by atoms with E-state index < -0.39 is 0 Å². The Morgan fingerprint density at radius 2 is 1.50 bits per heavy atom. The predicted molar refractivity (Wildman–Crippen MR) is 134 cm³/mol. The number of hydrogen-bond donors (Lipinski definition) is 1. The van der Waals surface area contributed by atoms with Gasteiger partial charge in [0.05, 0.1) is 11.0 Å². The Morgan fingerprint density at radius 1 is 1.04 bits per heavy atom. The fourth-order valence-corrected chi connectivity index (χ4v) is 1.72. The highest BCUT2D eigenvalue weighted by molar-refractivity contribution is 5.83. The van der Waals surface area contributed by atoms with Gasteiger partial charge in [-0.25, -0.2) is 4.98 Å². The maximum absolute atomic E-state index is 4.60. The number of allylic oxidation sites excluding steroid dienone is 5. The summed E-state index contributed by atoms with van der Waals surface area (Å²) in [5, 5.41) is 0. The monoisotopic (exact) mass is 382 g/mol. The van der Waals surface area contributed by atoms with Crippen molar-refractivity contribution in [2.24, 2.45) is 0 Å². The van der Waals surface area contributed by atoms with Crippen molar-refractivity contribution < 1.29 is 0 Å². The van der Waals surface area contributed by atoms with Crippen LogP contribution in [0.15, 0.2) is 62.2 Å². The number of nitrogens with one attached hydrogen (secondary N) is 1. The number of nitrogens with zero attached hydrogens (tertiary/aromatic N) is 1. The van der Waals surface area contributed by atoms with Gasteiger partial charge in [-0.1, -0.05) is 91.6 Å². The van der Waals surface area contributed by atoms with Gasteiger partial charge >= 0.3 is 0 Å². The Labute approximate surface area is 175 Å². The zero-order chi connectivity index (χ0) is 23.0. The fourth-order valence-electron chi connectivity index (χ4n) is 1.72. The van der Waals surface area contributed by atoms with Crippen LogP contribution in [0.5, 0.6) is 0 Å². The molecule has 0 bridgehead atoms. The van der Waals surface area contributed by atoms with Gasteiger partial charge in [0.1, 0.15) is 5.82 Å². The van der Waals surface area contributed by atoms with E-state index in [4.69, 9.17) is 0 Å². The molecule has 0 aliphatic carbocycles. The van der Waals surface area contributed by atoms with E-state index in [1.165, 1.54) is 5.56 Å². The summed E-state index contributed by atoms with van der Waals surface area (Å²) in [7, 11) is 0. The van der Waals surface area contributed by atoms with Crippen molar-refractivity contribution in [1.29, 1.82) is 0 Å². The van der Waals surface area contributed by atoms with Gasteiger partial charge in [-0.3, -0.25) is 0 Å². The third-order valence-electron chi connectivity index (χ3n) is 2.63. The molecule has 0 unspecified atom stereocenters. The first-order valence-electron chi connectivity index (χ1n) is 9.94. The second-order valence-electron chi connectivity index (χ2n) is 4.26. The van der Waals surface area contributed by atoms with Crippen LogP contribution in [0.4, 0.5) is 0 Å². The Hall–Kier alpha value is -2.79. The van der Waals surface area contributed by atoms with Gasteiger partial charge in [-0.15, -0.1) is 12.3 Å². The second-order valence-corrected chi connectivity index (χ2v) is 4.26. The molecule has 0 aliphatic heterocycles. The summed E-state index contributed by atoms with van der Waals surface area (Å²) in [6.45, 7) is 28.1. The lowest BCUT2D eigenvalue weighted by molar-refractivity contribution is 1.17. The minimum absolute atomic E-state index is 0.947. The summed E-state index contributed by atoms with van der Waals surface area (Å²) in [6.07, 6.45) is 11.8. The van der Waals surface area contributed by atoms with Crippen LogP contribution in [0.25, 0.3) is 16.6 Å². The number of fused-ring (bicyclic) bond motifs is 1. The molecule has 0 saturated carbocycles. The lowest BCUT2D eigenvalue weighted by Crippen LogP contribution is -1.80. The molecular formula is C26H42N2. The smallest absolute Gasteiger partial charge is 0.104 e. The number of rotatable bonds is 3. The first kappa shape index (κ1) is 32.8. The highest BCUT2D eigenvalue weighted by Gasteiger charge is 2.01. The topological polar surface area (TPSA) is 28.7 Å². The molecule has 2 aromatic rings. The van der Waals surface area contributed by atoms with E-state index >= 15 is 0 Å². The van der Waals surface area contributed by atoms with Crippen molar-refractivity contribution in [2.75, 3.05) is 0 Å². The minimum Gasteiger partial charge on any atom is -0.342 e. The largest absolute Gasteiger partial charge is 0.342 e. The third kappa shape index (κ3) is 15.5. The van der Waals surface area contributed by atoms with E-state index in [0.29, 0.717) is 0 Å². The first-order chi connectivity index (χ1) is 13.6. The molecule has 0 spiro atoms. The van der Waals surface area contributed by atoms with Crippen molar-refractivity contribution in [2.45, 2.75) is 62.3 Å². The quantitative estimate of drug-likeness (QED) is 0.418. The van der Waals surface area contributed by atoms with Crippen LogP contribution in [0.3, 0.4) is 0 Å². The first-order valence-corrected chi connectivity index (χ1v) is 9.94. The Kier molecular flexibility index (Phi) is 31.0. The normalized spacial score (nSPS) is 8.07. The van der Waals surface area contributed by atoms with Gasteiger partial charge < -0.3 is 4.98 Å². The van der Waals surface area contributed by atoms with Gasteiger partial charge in [0.15, 0.2) is 0 Å². The summed E-state index contributed by atoms with van der Waals surface area (Å²) in [5.74, 6) is 3.20. The SMILES string of the molecule is C#CC.C=C/C(=C\C)c1ccc2nc(C)[nH]c2c1.C=CC=C.CC.CC.CC. The Bertz CT molecular complexity index is 689. The molecule has 0 amide bonds. The van der Waals surface area contributed by atoms with Crippen molar-refractivity contribution >= 4 is 16.6 Å². The van der Waals surface area contributed by atoms with E-state index in [1.807, 2.05) is 67.5 Å². The lowest BCUT2D eigenvalue weighted by atomic mass is 10.1. The molecular weight excluding hydrogens is 340 g/mol. The molecule has 1 aromatic heterocycles. The number of imidazole rings is 1. The van der Waals surface area contributed by atoms with Gasteiger partial charge in [-0.2, -0.15) is 0 Å². The Balaban J connectivity index is -0.000000186. The third-order valence-corrected chi connectivity index (χ3v) is 2.63. The summed E-state index contributed by atoms with van der Waals surface area (Å²) >= 11 is 0. The predicted octanol–water partition coefficient (Wildman–Crippen LogP) is 8.54. The zero-order valence-electron chi connectivity index (χ0n) is 19.7. The second kappa shape index (κ2) is 26.4. The van der Waals surface area contributed by atoms with Gasteiger partial charge in [0.2, 0.25) is 0 Å². The number of benzene rings is 1. The lowest BCUT2D eigenvalue weighted by Gasteiger charge is -2.00. The number of aryl methyl sites for hydroxylation is 1. The summed E-state index contributed by atoms with van der Waals surface area (Å²) in [6, 6.07) is 6.20. The van der Waals surface area contributed by atoms with E-state index in [-0.39, 0.29) is 0 Å². The molecule has 156 valence electrons. The highest BCUT2D eigenvalue weighted by Crippen LogP contribution is 2.20. The average Bonchev–Trinajstić information content (AvgIpc) is 3.13. The summed E-state index contributed by atoms with van der Waals surface area (Å²) < 4.78 is 0. The van der Waals surface area contributed by atoms with Crippen LogP contribution < -0.4 is 0 Å². The van der Waals surface area contributed by atoms with Crippen molar-refractivity contribution in [1.82, 2.24) is 9.97 Å². The maximum Gasteiger partial charge on any atom is 0.104 e. The molecule has 1 aromatic carbocycles. The van der Waals surface area contributed by atoms with Crippen LogP contribution in [-0.2, 0) is 0 Å². The van der Waals surface area contributed by atoms with Crippen molar-refractivity contribution in [3.8, 4) is 12.3 Å². The summed E-state index contributed by atoms with van der Waals surface area (Å²) in [5.41, 5.74) is 4.40. The minimum atomic E-state index is 0.947. The maximum atomic E-state index is 4.60. The van der Waals surface area contributed by atoms with Crippen LogP contribution in [-0.4, -0.2) is 9.97 Å². The molecule has 0 fully saturated rings. The zero-order valence-corrected chi connectivity index (χ0v) is 19.7.